The van der Waals surface area contributed by atoms with Gasteiger partial charge in [-0.1, -0.05) is 6.58 Å². The molecule has 0 aromatic rings. The third-order valence-electron chi connectivity index (χ3n) is 1.37. The normalized spacial score (nSPS) is 19.8. The molecule has 4 heteroatoms. The highest BCUT2D eigenvalue weighted by Gasteiger charge is 2.11. The van der Waals surface area contributed by atoms with Crippen LogP contribution in [0.4, 0.5) is 0 Å². The Balaban J connectivity index is 2.71. The lowest BCUT2D eigenvalue weighted by Gasteiger charge is -2.17. The Morgan fingerprint density at radius 2 is 2.58 bits per heavy atom. The number of hydrogen-bond acceptors (Lipinski definition) is 3. The Hall–Kier alpha value is -0.770. The maximum atomic E-state index is 5.35. The third kappa shape index (κ3) is 2.37. The molecule has 0 aliphatic carbocycles. The van der Waals surface area contributed by atoms with Crippen LogP contribution in [0.2, 0.25) is 0 Å². The lowest BCUT2D eigenvalue weighted by molar-refractivity contribution is 0.229. The first-order valence-electron chi connectivity index (χ1n) is 3.69. The van der Waals surface area contributed by atoms with E-state index in [1.807, 2.05) is 13.0 Å². The molecule has 0 saturated carbocycles. The number of ether oxygens (including phenoxy) is 1. The highest BCUT2D eigenvalue weighted by Crippen LogP contribution is 2.07. The van der Waals surface area contributed by atoms with Crippen molar-refractivity contribution in [3.63, 3.8) is 0 Å². The minimum absolute atomic E-state index is 0.652. The summed E-state index contributed by atoms with van der Waals surface area (Å²) in [7, 11) is 0. The molecule has 12 heavy (non-hydrogen) atoms. The molecule has 0 atom stereocenters. The van der Waals surface area contributed by atoms with Gasteiger partial charge in [0.1, 0.15) is 6.61 Å². The van der Waals surface area contributed by atoms with Crippen LogP contribution in [-0.4, -0.2) is 19.0 Å². The maximum Gasteiger partial charge on any atom is 0.168 e. The summed E-state index contributed by atoms with van der Waals surface area (Å²) in [6.07, 6.45) is 1.88. The van der Waals surface area contributed by atoms with Crippen molar-refractivity contribution in [1.29, 1.82) is 0 Å². The van der Waals surface area contributed by atoms with E-state index in [0.29, 0.717) is 17.8 Å². The van der Waals surface area contributed by atoms with Gasteiger partial charge in [-0.15, -0.1) is 0 Å². The van der Waals surface area contributed by atoms with Crippen LogP contribution < -0.4 is 5.32 Å². The van der Waals surface area contributed by atoms with Gasteiger partial charge in [-0.3, -0.25) is 4.99 Å². The molecular weight excluding hydrogens is 220 g/mol. The average molecular weight is 231 g/mol. The lowest BCUT2D eigenvalue weighted by atomic mass is 10.4. The van der Waals surface area contributed by atoms with Crippen LogP contribution in [-0.2, 0) is 4.74 Å². The molecule has 0 spiro atoms. The van der Waals surface area contributed by atoms with Gasteiger partial charge in [-0.05, 0) is 28.9 Å². The monoisotopic (exact) mass is 230 g/mol. The fourth-order valence-corrected chi connectivity index (χ4v) is 1.10. The highest BCUT2D eigenvalue weighted by atomic mass is 79.9. The highest BCUT2D eigenvalue weighted by molar-refractivity contribution is 9.11. The van der Waals surface area contributed by atoms with E-state index in [0.717, 1.165) is 11.6 Å². The van der Waals surface area contributed by atoms with Crippen molar-refractivity contribution in [1.82, 2.24) is 5.32 Å². The van der Waals surface area contributed by atoms with E-state index in [1.54, 1.807) is 0 Å². The summed E-state index contributed by atoms with van der Waals surface area (Å²) in [5, 5.41) is 2.96. The van der Waals surface area contributed by atoms with Gasteiger partial charge < -0.3 is 10.1 Å². The van der Waals surface area contributed by atoms with Crippen molar-refractivity contribution < 1.29 is 4.74 Å². The number of aliphatic imine (C=N–C) groups is 1. The molecule has 0 amide bonds. The van der Waals surface area contributed by atoms with Gasteiger partial charge in [0, 0.05) is 0 Å². The Labute approximate surface area is 80.3 Å². The number of amidine groups is 1. The number of nitrogens with one attached hydrogen (secondary N) is 1. The van der Waals surface area contributed by atoms with Gasteiger partial charge in [0.05, 0.1) is 11.2 Å². The zero-order valence-electron chi connectivity index (χ0n) is 6.93. The first-order valence-corrected chi connectivity index (χ1v) is 4.48. The molecule has 1 N–H and O–H groups in total. The van der Waals surface area contributed by atoms with Gasteiger partial charge in [0.15, 0.2) is 11.6 Å². The third-order valence-corrected chi connectivity index (χ3v) is 1.57. The first kappa shape index (κ1) is 9.32. The number of hydrogen-bond donors (Lipinski definition) is 1. The van der Waals surface area contributed by atoms with Crippen molar-refractivity contribution in [2.24, 2.45) is 4.99 Å². The van der Waals surface area contributed by atoms with E-state index in [-0.39, 0.29) is 0 Å². The average Bonchev–Trinajstić information content (AvgIpc) is 2.04. The number of nitrogens with zero attached hydrogens (tertiary/aromatic N) is 1. The van der Waals surface area contributed by atoms with E-state index < -0.39 is 0 Å². The Bertz CT molecular complexity index is 245. The molecule has 0 radical (unpaired) electrons. The molecule has 1 rings (SSSR count). The zero-order valence-corrected chi connectivity index (χ0v) is 8.52. The van der Waals surface area contributed by atoms with Crippen molar-refractivity contribution in [2.75, 3.05) is 13.2 Å². The predicted octanol–water partition coefficient (Wildman–Crippen LogP) is 1.77. The zero-order chi connectivity index (χ0) is 8.97. The molecule has 0 saturated heterocycles. The molecule has 0 unspecified atom stereocenters. The van der Waals surface area contributed by atoms with E-state index in [9.17, 15) is 0 Å². The van der Waals surface area contributed by atoms with Crippen LogP contribution in [0.5, 0.6) is 0 Å². The Kier molecular flexibility index (Phi) is 3.34. The molecule has 0 aromatic heterocycles. The maximum absolute atomic E-state index is 5.35. The second kappa shape index (κ2) is 4.30. The predicted molar refractivity (Wildman–Crippen MR) is 53.2 cm³/mol. The summed E-state index contributed by atoms with van der Waals surface area (Å²) in [6, 6.07) is 0. The van der Waals surface area contributed by atoms with Crippen LogP contribution in [0.15, 0.2) is 28.0 Å². The van der Waals surface area contributed by atoms with Crippen LogP contribution in [0.3, 0.4) is 0 Å². The fourth-order valence-electron chi connectivity index (χ4n) is 0.909. The number of allylic oxidation sites excluding steroid dienone is 1. The summed E-state index contributed by atoms with van der Waals surface area (Å²) in [5.74, 6) is 1.52. The van der Waals surface area contributed by atoms with Gasteiger partial charge in [0.2, 0.25) is 0 Å². The largest absolute Gasteiger partial charge is 0.488 e. The molecule has 0 bridgehead atoms. The summed E-state index contributed by atoms with van der Waals surface area (Å²) < 4.78 is 6.03. The molecule has 1 heterocycles. The molecule has 1 aliphatic heterocycles. The van der Waals surface area contributed by atoms with Gasteiger partial charge in [-0.25, -0.2) is 0 Å². The molecule has 1 aliphatic rings. The first-order chi connectivity index (χ1) is 5.74. The van der Waals surface area contributed by atoms with Gasteiger partial charge in [0.25, 0.3) is 0 Å². The Morgan fingerprint density at radius 1 is 1.83 bits per heavy atom. The second-order valence-electron chi connectivity index (χ2n) is 2.26. The molecular formula is C8H11BrN2O. The van der Waals surface area contributed by atoms with E-state index in [1.165, 1.54) is 0 Å². The van der Waals surface area contributed by atoms with Crippen LogP contribution in [0, 0.1) is 0 Å². The van der Waals surface area contributed by atoms with Crippen LogP contribution in [0.25, 0.3) is 0 Å². The summed E-state index contributed by atoms with van der Waals surface area (Å²) in [6.45, 7) is 6.92. The summed E-state index contributed by atoms with van der Waals surface area (Å²) >= 11 is 3.20. The fraction of sp³-hybridized carbons (Fsp3) is 0.375. The van der Waals surface area contributed by atoms with E-state index in [2.05, 4.69) is 32.8 Å². The summed E-state index contributed by atoms with van der Waals surface area (Å²) in [5.41, 5.74) is 0. The van der Waals surface area contributed by atoms with E-state index >= 15 is 0 Å². The SMILES string of the molecule is C=C(Br)NC1=NCCO/C1=C/C. The molecule has 0 fully saturated rings. The quantitative estimate of drug-likeness (QED) is 0.698. The topological polar surface area (TPSA) is 33.6 Å². The second-order valence-corrected chi connectivity index (χ2v) is 3.22. The molecule has 66 valence electrons. The van der Waals surface area contributed by atoms with Gasteiger partial charge in [-0.2, -0.15) is 0 Å². The molecule has 3 nitrogen and oxygen atoms in total. The van der Waals surface area contributed by atoms with E-state index in [4.69, 9.17) is 4.74 Å². The molecule has 0 aromatic carbocycles. The number of halogens is 1. The lowest BCUT2D eigenvalue weighted by Crippen LogP contribution is -2.28. The van der Waals surface area contributed by atoms with Crippen LogP contribution >= 0.6 is 15.9 Å². The number of rotatable bonds is 1. The van der Waals surface area contributed by atoms with Crippen molar-refractivity contribution in [3.8, 4) is 0 Å². The van der Waals surface area contributed by atoms with Gasteiger partial charge >= 0.3 is 0 Å². The summed E-state index contributed by atoms with van der Waals surface area (Å²) in [4.78, 5) is 4.24. The Morgan fingerprint density at radius 3 is 3.17 bits per heavy atom. The minimum Gasteiger partial charge on any atom is -0.488 e. The van der Waals surface area contributed by atoms with Crippen molar-refractivity contribution >= 4 is 21.8 Å². The van der Waals surface area contributed by atoms with Crippen LogP contribution in [0.1, 0.15) is 6.92 Å². The smallest absolute Gasteiger partial charge is 0.168 e. The van der Waals surface area contributed by atoms with Crippen molar-refractivity contribution in [2.45, 2.75) is 6.92 Å². The minimum atomic E-state index is 0.652. The van der Waals surface area contributed by atoms with Crippen molar-refractivity contribution in [3.05, 3.63) is 23.0 Å². The standard InChI is InChI=1S/C8H11BrN2O/c1-3-7-8(11-6(2)9)10-4-5-12-7/h3H,2,4-5H2,1H3,(H,10,11)/b7-3+.